The van der Waals surface area contributed by atoms with Crippen LogP contribution in [-0.4, -0.2) is 34.8 Å². The molecule has 7 heteroatoms. The maximum Gasteiger partial charge on any atom is 0.252 e. The van der Waals surface area contributed by atoms with Crippen molar-refractivity contribution in [1.29, 1.82) is 5.26 Å². The molecule has 2 aromatic carbocycles. The third-order valence-electron chi connectivity index (χ3n) is 4.77. The van der Waals surface area contributed by atoms with E-state index in [2.05, 4.69) is 15.8 Å². The SMILES string of the molecule is CC(C)NCC(O)c1ccc(-c2cc(-c3cccc(C(=O)N[C@H](C)C#N)c3)no2)cc1. The number of hydrogen-bond acceptors (Lipinski definition) is 6. The molecule has 0 bridgehead atoms. The van der Waals surface area contributed by atoms with E-state index in [1.807, 2.05) is 50.2 Å². The number of rotatable bonds is 8. The number of nitriles is 1. The molecule has 3 rings (SSSR count). The topological polar surface area (TPSA) is 111 Å². The number of aliphatic hydroxyl groups is 1. The summed E-state index contributed by atoms with van der Waals surface area (Å²) in [6, 6.07) is 18.0. The quantitative estimate of drug-likeness (QED) is 0.515. The Labute approximate surface area is 181 Å². The highest BCUT2D eigenvalue weighted by Gasteiger charge is 2.14. The standard InChI is InChI=1S/C24H26N4O3/c1-15(2)26-14-22(29)17-7-9-18(10-8-17)23-12-21(28-31-23)19-5-4-6-20(11-19)24(30)27-16(3)13-25/h4-12,15-16,22,26,29H,14H2,1-3H3,(H,27,30)/t16-,22?/m1/s1. The molecule has 2 atom stereocenters. The van der Waals surface area contributed by atoms with E-state index in [0.717, 1.165) is 16.7 Å². The molecule has 160 valence electrons. The molecule has 0 aliphatic rings. The van der Waals surface area contributed by atoms with E-state index >= 15 is 0 Å². The Morgan fingerprint density at radius 1 is 1.13 bits per heavy atom. The lowest BCUT2D eigenvalue weighted by Gasteiger charge is -2.14. The second-order valence-corrected chi connectivity index (χ2v) is 7.68. The van der Waals surface area contributed by atoms with E-state index in [-0.39, 0.29) is 5.91 Å². The van der Waals surface area contributed by atoms with Gasteiger partial charge in [0.2, 0.25) is 0 Å². The van der Waals surface area contributed by atoms with Crippen LogP contribution in [0.5, 0.6) is 0 Å². The molecule has 1 unspecified atom stereocenters. The Morgan fingerprint density at radius 3 is 2.55 bits per heavy atom. The molecule has 3 aromatic rings. The first-order chi connectivity index (χ1) is 14.9. The van der Waals surface area contributed by atoms with Crippen LogP contribution in [0.3, 0.4) is 0 Å². The maximum atomic E-state index is 12.3. The largest absolute Gasteiger partial charge is 0.387 e. The van der Waals surface area contributed by atoms with E-state index in [1.165, 1.54) is 0 Å². The number of aromatic nitrogens is 1. The van der Waals surface area contributed by atoms with Gasteiger partial charge in [-0.2, -0.15) is 5.26 Å². The fourth-order valence-electron chi connectivity index (χ4n) is 3.01. The lowest BCUT2D eigenvalue weighted by atomic mass is 10.0. The molecule has 0 radical (unpaired) electrons. The molecule has 1 amide bonds. The number of benzene rings is 2. The molecule has 3 N–H and O–H groups in total. The van der Waals surface area contributed by atoms with E-state index in [0.29, 0.717) is 29.6 Å². The van der Waals surface area contributed by atoms with Crippen LogP contribution in [0.4, 0.5) is 0 Å². The summed E-state index contributed by atoms with van der Waals surface area (Å²) < 4.78 is 5.50. The molecular formula is C24H26N4O3. The first-order valence-corrected chi connectivity index (χ1v) is 10.2. The van der Waals surface area contributed by atoms with Crippen molar-refractivity contribution in [1.82, 2.24) is 15.8 Å². The minimum Gasteiger partial charge on any atom is -0.387 e. The molecule has 0 aliphatic heterocycles. The summed E-state index contributed by atoms with van der Waals surface area (Å²) in [6.45, 7) is 6.18. The fraction of sp³-hybridized carbons (Fsp3) is 0.292. The average Bonchev–Trinajstić information content (AvgIpc) is 3.28. The van der Waals surface area contributed by atoms with Crippen molar-refractivity contribution in [2.75, 3.05) is 6.54 Å². The number of carbonyl (C=O) groups excluding carboxylic acids is 1. The van der Waals surface area contributed by atoms with Crippen LogP contribution < -0.4 is 10.6 Å². The average molecular weight is 418 g/mol. The second-order valence-electron chi connectivity index (χ2n) is 7.68. The first kappa shape index (κ1) is 22.2. The minimum atomic E-state index is -0.584. The smallest absolute Gasteiger partial charge is 0.252 e. The minimum absolute atomic E-state index is 0.306. The van der Waals surface area contributed by atoms with Crippen LogP contribution >= 0.6 is 0 Å². The van der Waals surface area contributed by atoms with Crippen molar-refractivity contribution in [3.05, 3.63) is 65.7 Å². The first-order valence-electron chi connectivity index (χ1n) is 10.2. The summed E-state index contributed by atoms with van der Waals surface area (Å²) >= 11 is 0. The molecule has 0 fully saturated rings. The highest BCUT2D eigenvalue weighted by atomic mass is 16.5. The number of hydrogen-bond donors (Lipinski definition) is 3. The normalized spacial score (nSPS) is 12.9. The van der Waals surface area contributed by atoms with Crippen LogP contribution in [0.25, 0.3) is 22.6 Å². The zero-order valence-electron chi connectivity index (χ0n) is 17.8. The highest BCUT2D eigenvalue weighted by Crippen LogP contribution is 2.27. The highest BCUT2D eigenvalue weighted by molar-refractivity contribution is 5.95. The summed E-state index contributed by atoms with van der Waals surface area (Å²) in [5.41, 5.74) is 3.44. The summed E-state index contributed by atoms with van der Waals surface area (Å²) in [5, 5.41) is 29.1. The van der Waals surface area contributed by atoms with Crippen molar-refractivity contribution in [2.45, 2.75) is 39.0 Å². The number of amides is 1. The van der Waals surface area contributed by atoms with Gasteiger partial charge < -0.3 is 20.3 Å². The maximum absolute atomic E-state index is 12.3. The number of nitrogens with zero attached hydrogens (tertiary/aromatic N) is 2. The Bertz CT molecular complexity index is 1070. The lowest BCUT2D eigenvalue weighted by Crippen LogP contribution is -2.31. The second kappa shape index (κ2) is 10.0. The third-order valence-corrected chi connectivity index (χ3v) is 4.77. The van der Waals surface area contributed by atoms with Gasteiger partial charge in [-0.15, -0.1) is 0 Å². The molecule has 0 saturated carbocycles. The van der Waals surface area contributed by atoms with E-state index < -0.39 is 12.1 Å². The van der Waals surface area contributed by atoms with Gasteiger partial charge in [0.15, 0.2) is 5.76 Å². The predicted molar refractivity (Wildman–Crippen MR) is 118 cm³/mol. The third kappa shape index (κ3) is 5.79. The van der Waals surface area contributed by atoms with E-state index in [1.54, 1.807) is 31.2 Å². The van der Waals surface area contributed by atoms with Gasteiger partial charge in [0, 0.05) is 35.3 Å². The van der Waals surface area contributed by atoms with Crippen LogP contribution in [0.15, 0.2) is 59.1 Å². The van der Waals surface area contributed by atoms with Gasteiger partial charge in [-0.1, -0.05) is 55.4 Å². The van der Waals surface area contributed by atoms with Crippen LogP contribution in [-0.2, 0) is 0 Å². The van der Waals surface area contributed by atoms with E-state index in [4.69, 9.17) is 9.78 Å². The van der Waals surface area contributed by atoms with Gasteiger partial charge in [-0.05, 0) is 24.6 Å². The zero-order valence-corrected chi connectivity index (χ0v) is 17.8. The molecule has 1 heterocycles. The molecule has 31 heavy (non-hydrogen) atoms. The summed E-state index contributed by atoms with van der Waals surface area (Å²) in [5.74, 6) is 0.269. The van der Waals surface area contributed by atoms with E-state index in [9.17, 15) is 9.90 Å². The molecule has 1 aromatic heterocycles. The molecule has 0 aliphatic carbocycles. The Morgan fingerprint density at radius 2 is 1.87 bits per heavy atom. The lowest BCUT2D eigenvalue weighted by molar-refractivity contribution is 0.0948. The Balaban J connectivity index is 1.74. The molecule has 7 nitrogen and oxygen atoms in total. The van der Waals surface area contributed by atoms with Gasteiger partial charge in [0.25, 0.3) is 5.91 Å². The molecule has 0 spiro atoms. The van der Waals surface area contributed by atoms with Crippen molar-refractivity contribution in [3.63, 3.8) is 0 Å². The molecule has 0 saturated heterocycles. The summed E-state index contributed by atoms with van der Waals surface area (Å²) in [6.07, 6.45) is -0.584. The molecular weight excluding hydrogens is 392 g/mol. The van der Waals surface area contributed by atoms with Gasteiger partial charge in [0.1, 0.15) is 11.7 Å². The number of carbonyl (C=O) groups is 1. The van der Waals surface area contributed by atoms with Crippen molar-refractivity contribution in [2.24, 2.45) is 0 Å². The van der Waals surface area contributed by atoms with Gasteiger partial charge >= 0.3 is 0 Å². The summed E-state index contributed by atoms with van der Waals surface area (Å²) in [7, 11) is 0. The number of aliphatic hydroxyl groups excluding tert-OH is 1. The van der Waals surface area contributed by atoms with Crippen molar-refractivity contribution in [3.8, 4) is 28.7 Å². The monoisotopic (exact) mass is 418 g/mol. The predicted octanol–water partition coefficient (Wildman–Crippen LogP) is 3.68. The van der Waals surface area contributed by atoms with Gasteiger partial charge in [0.05, 0.1) is 12.2 Å². The van der Waals surface area contributed by atoms with Crippen LogP contribution in [0, 0.1) is 11.3 Å². The van der Waals surface area contributed by atoms with Gasteiger partial charge in [-0.25, -0.2) is 0 Å². The summed E-state index contributed by atoms with van der Waals surface area (Å²) in [4.78, 5) is 12.3. The van der Waals surface area contributed by atoms with Crippen molar-refractivity contribution < 1.29 is 14.4 Å². The van der Waals surface area contributed by atoms with Crippen LogP contribution in [0.2, 0.25) is 0 Å². The fourth-order valence-corrected chi connectivity index (χ4v) is 3.01. The number of nitrogens with one attached hydrogen (secondary N) is 2. The zero-order chi connectivity index (χ0) is 22.4. The van der Waals surface area contributed by atoms with Crippen molar-refractivity contribution >= 4 is 5.91 Å². The van der Waals surface area contributed by atoms with Gasteiger partial charge in [-0.3, -0.25) is 4.79 Å². The Kier molecular flexibility index (Phi) is 7.19. The van der Waals surface area contributed by atoms with Crippen LogP contribution in [0.1, 0.15) is 42.8 Å². The Hall–Kier alpha value is -3.47.